The zero-order chi connectivity index (χ0) is 15.3. The Hall–Kier alpha value is -2.01. The van der Waals surface area contributed by atoms with Crippen molar-refractivity contribution >= 4 is 32.9 Å². The van der Waals surface area contributed by atoms with Crippen LogP contribution in [0.4, 0.5) is 0 Å². The largest absolute Gasteiger partial charge is 0.288 e. The molecule has 0 unspecified atom stereocenters. The molecule has 0 aliphatic heterocycles. The van der Waals surface area contributed by atoms with Crippen molar-refractivity contribution in [2.24, 2.45) is 0 Å². The molecule has 4 nitrogen and oxygen atoms in total. The Morgan fingerprint density at radius 2 is 1.60 bits per heavy atom. The first-order valence-electron chi connectivity index (χ1n) is 5.90. The number of nitrogens with one attached hydrogen (secondary N) is 1. The van der Waals surface area contributed by atoms with Gasteiger partial charge < -0.3 is 0 Å². The summed E-state index contributed by atoms with van der Waals surface area (Å²) in [5.74, 6) is -1.58. The lowest BCUT2D eigenvalue weighted by atomic mass is 10.1. The molecule has 1 aromatic rings. The van der Waals surface area contributed by atoms with Gasteiger partial charge in [-0.15, -0.1) is 0 Å². The van der Waals surface area contributed by atoms with Crippen molar-refractivity contribution in [3.63, 3.8) is 0 Å². The van der Waals surface area contributed by atoms with Crippen molar-refractivity contribution in [1.82, 2.24) is 5.32 Å². The first-order valence-corrected chi connectivity index (χ1v) is 7.94. The van der Waals surface area contributed by atoms with E-state index >= 15 is 0 Å². The Bertz CT molecular complexity index is 599. The van der Waals surface area contributed by atoms with Crippen LogP contribution >= 0.6 is 10.5 Å². The van der Waals surface area contributed by atoms with Crippen molar-refractivity contribution in [1.29, 1.82) is 0 Å². The van der Waals surface area contributed by atoms with Gasteiger partial charge in [-0.2, -0.15) is 10.5 Å². The summed E-state index contributed by atoms with van der Waals surface area (Å²) in [4.78, 5) is 36.0. The summed E-state index contributed by atoms with van der Waals surface area (Å²) in [6, 6.07) is 8.53. The van der Waals surface area contributed by atoms with E-state index in [-0.39, 0.29) is 16.2 Å². The number of imide groups is 1. The van der Waals surface area contributed by atoms with Crippen LogP contribution in [0.2, 0.25) is 0 Å². The van der Waals surface area contributed by atoms with Crippen molar-refractivity contribution < 1.29 is 14.4 Å². The SMILES string of the molecule is C=C(C)C(=O)NC(=O)C(C(=O)c1ccccc1)=S(C)C. The summed E-state index contributed by atoms with van der Waals surface area (Å²) >= 11 is 0. The number of carbonyl (C=O) groups excluding carboxylic acids is 3. The minimum atomic E-state index is -0.653. The smallest absolute Gasteiger partial charge is 0.267 e. The number of hydrogen-bond acceptors (Lipinski definition) is 3. The standard InChI is InChI=1S/C15H17NO3S/c1-10(2)14(18)16-15(19)13(20(3)4)12(17)11-8-6-5-7-9-11/h5-9H,1H2,2-4H3,(H,16,18,19). The van der Waals surface area contributed by atoms with Gasteiger partial charge in [0, 0.05) is 11.1 Å². The number of rotatable bonds is 4. The molecule has 0 aliphatic carbocycles. The van der Waals surface area contributed by atoms with E-state index in [4.69, 9.17) is 0 Å². The number of ketones is 1. The van der Waals surface area contributed by atoms with Crippen LogP contribution < -0.4 is 5.32 Å². The van der Waals surface area contributed by atoms with Crippen LogP contribution in [0.1, 0.15) is 17.3 Å². The van der Waals surface area contributed by atoms with Crippen LogP contribution in [0.15, 0.2) is 42.5 Å². The van der Waals surface area contributed by atoms with Gasteiger partial charge in [0.25, 0.3) is 11.8 Å². The third-order valence-corrected chi connectivity index (χ3v) is 3.66. The van der Waals surface area contributed by atoms with Crippen LogP contribution in [0.25, 0.3) is 0 Å². The fraction of sp³-hybridized carbons (Fsp3) is 0.200. The summed E-state index contributed by atoms with van der Waals surface area (Å²) in [5.41, 5.74) is 0.651. The van der Waals surface area contributed by atoms with Gasteiger partial charge in [0.15, 0.2) is 0 Å². The molecule has 0 atom stereocenters. The lowest BCUT2D eigenvalue weighted by Crippen LogP contribution is -2.39. The maximum absolute atomic E-state index is 12.4. The molecule has 0 aliphatic rings. The molecule has 0 radical (unpaired) electrons. The Balaban J connectivity index is 3.06. The van der Waals surface area contributed by atoms with Gasteiger partial charge in [-0.05, 0) is 19.4 Å². The predicted molar refractivity (Wildman–Crippen MR) is 83.2 cm³/mol. The lowest BCUT2D eigenvalue weighted by Gasteiger charge is -2.09. The maximum Gasteiger partial charge on any atom is 0.267 e. The minimum absolute atomic E-state index is 0.0887. The van der Waals surface area contributed by atoms with E-state index in [1.165, 1.54) is 6.92 Å². The first-order chi connectivity index (χ1) is 9.34. The number of benzene rings is 1. The number of hydrogen-bond donors (Lipinski definition) is 1. The molecule has 2 amide bonds. The molecule has 0 bridgehead atoms. The molecule has 106 valence electrons. The summed E-state index contributed by atoms with van der Waals surface area (Å²) in [7, 11) is -0.570. The van der Waals surface area contributed by atoms with E-state index in [1.54, 1.807) is 42.8 Å². The van der Waals surface area contributed by atoms with Gasteiger partial charge in [-0.25, -0.2) is 0 Å². The maximum atomic E-state index is 12.4. The number of carbonyl (C=O) groups is 3. The molecule has 1 N–H and O–H groups in total. The van der Waals surface area contributed by atoms with Gasteiger partial charge in [0.2, 0.25) is 5.78 Å². The van der Waals surface area contributed by atoms with Crippen molar-refractivity contribution in [2.45, 2.75) is 6.92 Å². The Labute approximate surface area is 120 Å². The minimum Gasteiger partial charge on any atom is -0.288 e. The highest BCUT2D eigenvalue weighted by molar-refractivity contribution is 8.16. The van der Waals surface area contributed by atoms with E-state index in [1.807, 2.05) is 0 Å². The quantitative estimate of drug-likeness (QED) is 0.398. The molecular formula is C15H17NO3S. The topological polar surface area (TPSA) is 63.2 Å². The molecule has 0 aromatic heterocycles. The predicted octanol–water partition coefficient (Wildman–Crippen LogP) is 1.79. The highest BCUT2D eigenvalue weighted by atomic mass is 32.2. The highest BCUT2D eigenvalue weighted by Crippen LogP contribution is 2.10. The average Bonchev–Trinajstić information content (AvgIpc) is 2.39. The van der Waals surface area contributed by atoms with Crippen LogP contribution in [-0.4, -0.2) is 35.0 Å². The summed E-state index contributed by atoms with van der Waals surface area (Å²) in [5, 5.41) is 2.18. The van der Waals surface area contributed by atoms with Crippen LogP contribution in [0.3, 0.4) is 0 Å². The van der Waals surface area contributed by atoms with E-state index in [2.05, 4.69) is 11.9 Å². The summed E-state index contributed by atoms with van der Waals surface area (Å²) < 4.78 is 0. The molecule has 0 saturated heterocycles. The normalized spacial score (nSPS) is 10.0. The van der Waals surface area contributed by atoms with E-state index in [0.717, 1.165) is 0 Å². The Morgan fingerprint density at radius 1 is 1.05 bits per heavy atom. The lowest BCUT2D eigenvalue weighted by molar-refractivity contribution is -0.124. The molecule has 1 aromatic carbocycles. The van der Waals surface area contributed by atoms with Crippen LogP contribution in [0.5, 0.6) is 0 Å². The van der Waals surface area contributed by atoms with Gasteiger partial charge in [0.1, 0.15) is 4.86 Å². The zero-order valence-electron chi connectivity index (χ0n) is 11.7. The Kier molecular flexibility index (Phi) is 5.58. The fourth-order valence-electron chi connectivity index (χ4n) is 1.46. The average molecular weight is 291 g/mol. The second-order valence-electron chi connectivity index (χ2n) is 4.40. The van der Waals surface area contributed by atoms with Crippen molar-refractivity contribution in [2.75, 3.05) is 12.5 Å². The van der Waals surface area contributed by atoms with E-state index in [0.29, 0.717) is 5.56 Å². The molecular weight excluding hydrogens is 274 g/mol. The number of Topliss-reactive ketones (excluding diaryl/α,β-unsaturated/α-hetero) is 1. The first kappa shape index (κ1) is 16.0. The van der Waals surface area contributed by atoms with Crippen LogP contribution in [0, 0.1) is 0 Å². The second-order valence-corrected chi connectivity index (χ2v) is 6.45. The number of amides is 2. The third kappa shape index (κ3) is 3.99. The van der Waals surface area contributed by atoms with Crippen molar-refractivity contribution in [3.8, 4) is 0 Å². The monoisotopic (exact) mass is 291 g/mol. The molecule has 20 heavy (non-hydrogen) atoms. The summed E-state index contributed by atoms with van der Waals surface area (Å²) in [6.45, 7) is 4.96. The molecule has 1 rings (SSSR count). The zero-order valence-corrected chi connectivity index (χ0v) is 12.5. The van der Waals surface area contributed by atoms with E-state index in [9.17, 15) is 14.4 Å². The summed E-state index contributed by atoms with van der Waals surface area (Å²) in [6.07, 6.45) is 3.53. The third-order valence-electron chi connectivity index (χ3n) is 2.47. The molecule has 5 heteroatoms. The fourth-order valence-corrected chi connectivity index (χ4v) is 2.37. The molecule has 0 saturated carbocycles. The molecule has 0 heterocycles. The van der Waals surface area contributed by atoms with Crippen molar-refractivity contribution in [3.05, 3.63) is 48.0 Å². The Morgan fingerprint density at radius 3 is 2.05 bits per heavy atom. The van der Waals surface area contributed by atoms with Gasteiger partial charge in [0.05, 0.1) is 0 Å². The van der Waals surface area contributed by atoms with E-state index < -0.39 is 22.3 Å². The second kappa shape index (κ2) is 6.96. The molecule has 0 spiro atoms. The van der Waals surface area contributed by atoms with Gasteiger partial charge in [-0.3, -0.25) is 19.7 Å². The molecule has 0 fully saturated rings. The van der Waals surface area contributed by atoms with Gasteiger partial charge in [-0.1, -0.05) is 36.9 Å². The van der Waals surface area contributed by atoms with Crippen LogP contribution in [-0.2, 0) is 9.59 Å². The highest BCUT2D eigenvalue weighted by Gasteiger charge is 2.22. The van der Waals surface area contributed by atoms with Gasteiger partial charge >= 0.3 is 0 Å².